The zero-order valence-corrected chi connectivity index (χ0v) is 11.5. The van der Waals surface area contributed by atoms with Crippen LogP contribution < -0.4 is 5.32 Å². The van der Waals surface area contributed by atoms with Gasteiger partial charge >= 0.3 is 0 Å². The van der Waals surface area contributed by atoms with E-state index in [-0.39, 0.29) is 5.54 Å². The molecule has 0 saturated heterocycles. The number of fused-ring (bicyclic) bond motifs is 1. The van der Waals surface area contributed by atoms with Crippen LogP contribution in [0.5, 0.6) is 0 Å². The minimum atomic E-state index is 0.275. The molecule has 0 aliphatic heterocycles. The molecule has 0 unspecified atom stereocenters. The van der Waals surface area contributed by atoms with Crippen LogP contribution in [0.1, 0.15) is 32.3 Å². The van der Waals surface area contributed by atoms with E-state index in [0.29, 0.717) is 0 Å². The molecule has 18 heavy (non-hydrogen) atoms. The Hall–Kier alpha value is -1.28. The second-order valence-corrected chi connectivity index (χ2v) is 6.13. The lowest BCUT2D eigenvalue weighted by Gasteiger charge is -2.26. The van der Waals surface area contributed by atoms with Gasteiger partial charge in [0.05, 0.1) is 0 Å². The lowest BCUT2D eigenvalue weighted by Crippen LogP contribution is -2.40. The first-order valence-corrected chi connectivity index (χ1v) is 6.86. The molecule has 0 spiro atoms. The van der Waals surface area contributed by atoms with Crippen molar-refractivity contribution >= 4 is 10.9 Å². The average molecular weight is 242 g/mol. The molecule has 1 aromatic heterocycles. The van der Waals surface area contributed by atoms with E-state index in [1.165, 1.54) is 29.3 Å². The van der Waals surface area contributed by atoms with E-state index in [2.05, 4.69) is 61.2 Å². The van der Waals surface area contributed by atoms with Gasteiger partial charge in [0, 0.05) is 36.2 Å². The van der Waals surface area contributed by atoms with Crippen molar-refractivity contribution < 1.29 is 0 Å². The zero-order valence-electron chi connectivity index (χ0n) is 11.5. The molecule has 0 amide bonds. The van der Waals surface area contributed by atoms with E-state index < -0.39 is 0 Å². The van der Waals surface area contributed by atoms with Crippen molar-refractivity contribution in [3.63, 3.8) is 0 Å². The van der Waals surface area contributed by atoms with Crippen LogP contribution in [0.25, 0.3) is 10.9 Å². The lowest BCUT2D eigenvalue weighted by atomic mass is 9.98. The van der Waals surface area contributed by atoms with Crippen molar-refractivity contribution in [2.24, 2.45) is 13.0 Å². The first-order valence-electron chi connectivity index (χ1n) is 6.86. The molecule has 1 heterocycles. The highest BCUT2D eigenvalue weighted by molar-refractivity contribution is 5.83. The smallest absolute Gasteiger partial charge is 0.0481 e. The molecule has 0 radical (unpaired) electrons. The number of rotatable bonds is 4. The summed E-state index contributed by atoms with van der Waals surface area (Å²) in [6, 6.07) is 8.63. The van der Waals surface area contributed by atoms with Gasteiger partial charge in [0.1, 0.15) is 0 Å². The Kier molecular flexibility index (Phi) is 2.70. The fourth-order valence-corrected chi connectivity index (χ4v) is 2.84. The van der Waals surface area contributed by atoms with Crippen LogP contribution in [-0.2, 0) is 13.6 Å². The Morgan fingerprint density at radius 2 is 2.00 bits per heavy atom. The predicted octanol–water partition coefficient (Wildman–Crippen LogP) is 3.46. The molecule has 1 aromatic carbocycles. The molecule has 96 valence electrons. The quantitative estimate of drug-likeness (QED) is 0.869. The second-order valence-electron chi connectivity index (χ2n) is 6.13. The average Bonchev–Trinajstić information content (AvgIpc) is 3.15. The Morgan fingerprint density at radius 1 is 1.28 bits per heavy atom. The van der Waals surface area contributed by atoms with Gasteiger partial charge in [0.25, 0.3) is 0 Å². The zero-order chi connectivity index (χ0) is 12.8. The van der Waals surface area contributed by atoms with Crippen LogP contribution in [0.4, 0.5) is 0 Å². The molecular weight excluding hydrogens is 220 g/mol. The number of hydrogen-bond donors (Lipinski definition) is 1. The number of aryl methyl sites for hydroxylation is 1. The van der Waals surface area contributed by atoms with Gasteiger partial charge in [-0.3, -0.25) is 0 Å². The summed E-state index contributed by atoms with van der Waals surface area (Å²) in [5.74, 6) is 0.868. The summed E-state index contributed by atoms with van der Waals surface area (Å²) in [5, 5.41) is 5.10. The number of hydrogen-bond acceptors (Lipinski definition) is 1. The number of benzene rings is 1. The molecular formula is C16H22N2. The first kappa shape index (κ1) is 11.8. The van der Waals surface area contributed by atoms with Gasteiger partial charge in [0.15, 0.2) is 0 Å². The highest BCUT2D eigenvalue weighted by atomic mass is 15.0. The third kappa shape index (κ3) is 2.05. The summed E-state index contributed by atoms with van der Waals surface area (Å²) in [6.45, 7) is 5.62. The number of nitrogens with one attached hydrogen (secondary N) is 1. The number of nitrogens with zero attached hydrogens (tertiary/aromatic N) is 1. The maximum Gasteiger partial charge on any atom is 0.0481 e. The summed E-state index contributed by atoms with van der Waals surface area (Å²) in [4.78, 5) is 0. The van der Waals surface area contributed by atoms with E-state index in [0.717, 1.165) is 12.5 Å². The van der Waals surface area contributed by atoms with Crippen LogP contribution >= 0.6 is 0 Å². The fourth-order valence-electron chi connectivity index (χ4n) is 2.84. The molecule has 1 aliphatic carbocycles. The molecule has 1 fully saturated rings. The largest absolute Gasteiger partial charge is 0.350 e. The first-order chi connectivity index (χ1) is 8.58. The van der Waals surface area contributed by atoms with Crippen molar-refractivity contribution in [3.05, 3.63) is 36.0 Å². The highest BCUT2D eigenvalue weighted by Gasteiger charge is 2.37. The summed E-state index contributed by atoms with van der Waals surface area (Å²) in [5.41, 5.74) is 3.00. The SMILES string of the molecule is Cn1cc(CNC(C)(C)C2CC2)c2ccccc21. The normalized spacial score (nSPS) is 16.4. The Morgan fingerprint density at radius 3 is 2.72 bits per heavy atom. The van der Waals surface area contributed by atoms with Gasteiger partial charge in [-0.25, -0.2) is 0 Å². The van der Waals surface area contributed by atoms with Gasteiger partial charge in [0.2, 0.25) is 0 Å². The van der Waals surface area contributed by atoms with Crippen molar-refractivity contribution in [1.29, 1.82) is 0 Å². The van der Waals surface area contributed by atoms with Crippen LogP contribution in [-0.4, -0.2) is 10.1 Å². The van der Waals surface area contributed by atoms with Gasteiger partial charge in [-0.2, -0.15) is 0 Å². The fraction of sp³-hybridized carbons (Fsp3) is 0.500. The molecule has 2 nitrogen and oxygen atoms in total. The topological polar surface area (TPSA) is 17.0 Å². The predicted molar refractivity (Wildman–Crippen MR) is 76.6 cm³/mol. The Balaban J connectivity index is 1.82. The molecule has 0 bridgehead atoms. The third-order valence-electron chi connectivity index (χ3n) is 4.31. The second kappa shape index (κ2) is 4.13. The van der Waals surface area contributed by atoms with E-state index in [9.17, 15) is 0 Å². The molecule has 1 aliphatic rings. The highest BCUT2D eigenvalue weighted by Crippen LogP contribution is 2.39. The monoisotopic (exact) mass is 242 g/mol. The molecule has 1 saturated carbocycles. The summed E-state index contributed by atoms with van der Waals surface area (Å²) < 4.78 is 2.22. The van der Waals surface area contributed by atoms with Gasteiger partial charge in [-0.05, 0) is 44.2 Å². The van der Waals surface area contributed by atoms with Gasteiger partial charge < -0.3 is 9.88 Å². The Bertz CT molecular complexity index is 561. The summed E-state index contributed by atoms with van der Waals surface area (Å²) in [7, 11) is 2.12. The summed E-state index contributed by atoms with van der Waals surface area (Å²) >= 11 is 0. The third-order valence-corrected chi connectivity index (χ3v) is 4.31. The summed E-state index contributed by atoms with van der Waals surface area (Å²) in [6.07, 6.45) is 5.02. The lowest BCUT2D eigenvalue weighted by molar-refractivity contribution is 0.340. The molecule has 3 rings (SSSR count). The van der Waals surface area contributed by atoms with E-state index in [1.54, 1.807) is 0 Å². The van der Waals surface area contributed by atoms with Crippen LogP contribution in [0.2, 0.25) is 0 Å². The van der Waals surface area contributed by atoms with Crippen LogP contribution in [0.3, 0.4) is 0 Å². The van der Waals surface area contributed by atoms with Crippen molar-refractivity contribution in [1.82, 2.24) is 9.88 Å². The van der Waals surface area contributed by atoms with Gasteiger partial charge in [-0.1, -0.05) is 18.2 Å². The van der Waals surface area contributed by atoms with Crippen LogP contribution in [0, 0.1) is 5.92 Å². The molecule has 2 aromatic rings. The number of aromatic nitrogens is 1. The van der Waals surface area contributed by atoms with Crippen molar-refractivity contribution in [2.75, 3.05) is 0 Å². The molecule has 0 atom stereocenters. The van der Waals surface area contributed by atoms with Crippen LogP contribution in [0.15, 0.2) is 30.5 Å². The van der Waals surface area contributed by atoms with Gasteiger partial charge in [-0.15, -0.1) is 0 Å². The van der Waals surface area contributed by atoms with E-state index in [1.807, 2.05) is 0 Å². The van der Waals surface area contributed by atoms with Crippen molar-refractivity contribution in [3.8, 4) is 0 Å². The minimum Gasteiger partial charge on any atom is -0.350 e. The Labute approximate surface area is 109 Å². The number of para-hydroxylation sites is 1. The maximum atomic E-state index is 3.73. The van der Waals surface area contributed by atoms with E-state index >= 15 is 0 Å². The standard InChI is InChI=1S/C16H22N2/c1-16(2,13-8-9-13)17-10-12-11-18(3)15-7-5-4-6-14(12)15/h4-7,11,13,17H,8-10H2,1-3H3. The minimum absolute atomic E-state index is 0.275. The van der Waals surface area contributed by atoms with Crippen molar-refractivity contribution in [2.45, 2.75) is 38.8 Å². The molecule has 1 N–H and O–H groups in total. The molecule has 2 heteroatoms. The maximum absolute atomic E-state index is 3.73. The van der Waals surface area contributed by atoms with E-state index in [4.69, 9.17) is 0 Å².